The van der Waals surface area contributed by atoms with Gasteiger partial charge in [-0.3, -0.25) is 4.98 Å². The van der Waals surface area contributed by atoms with Crippen molar-refractivity contribution in [3.63, 3.8) is 0 Å². The summed E-state index contributed by atoms with van der Waals surface area (Å²) in [7, 11) is 0. The lowest BCUT2D eigenvalue weighted by atomic mass is 10.1. The van der Waals surface area contributed by atoms with Crippen LogP contribution in [0.15, 0.2) is 53.1 Å². The van der Waals surface area contributed by atoms with Crippen LogP contribution in [0.5, 0.6) is 0 Å². The molecule has 1 aromatic carbocycles. The average Bonchev–Trinajstić information content (AvgIpc) is 2.81. The molecular weight excluding hydrogens is 226 g/mol. The quantitative estimate of drug-likeness (QED) is 0.746. The first-order valence-electron chi connectivity index (χ1n) is 5.83. The minimum Gasteiger partial charge on any atom is -0.458 e. The van der Waals surface area contributed by atoms with E-state index in [4.69, 9.17) is 4.42 Å². The number of fused-ring (bicyclic) bond motifs is 1. The van der Waals surface area contributed by atoms with Crippen LogP contribution in [0.4, 0.5) is 0 Å². The molecule has 2 heterocycles. The van der Waals surface area contributed by atoms with Crippen LogP contribution < -0.4 is 0 Å². The first-order valence-corrected chi connectivity index (χ1v) is 5.83. The summed E-state index contributed by atoms with van der Waals surface area (Å²) in [5.74, 6) is 0.523. The van der Waals surface area contributed by atoms with Gasteiger partial charge in [0, 0.05) is 11.6 Å². The molecule has 0 amide bonds. The van der Waals surface area contributed by atoms with E-state index in [0.717, 1.165) is 16.5 Å². The van der Waals surface area contributed by atoms with Gasteiger partial charge in [0.2, 0.25) is 0 Å². The van der Waals surface area contributed by atoms with Crippen molar-refractivity contribution in [3.8, 4) is 0 Å². The highest BCUT2D eigenvalue weighted by atomic mass is 16.4. The Morgan fingerprint density at radius 3 is 2.78 bits per heavy atom. The van der Waals surface area contributed by atoms with Gasteiger partial charge in [-0.05, 0) is 36.8 Å². The van der Waals surface area contributed by atoms with Gasteiger partial charge in [0.25, 0.3) is 0 Å². The Bertz CT molecular complexity index is 655. The van der Waals surface area contributed by atoms with Crippen LogP contribution in [0.3, 0.4) is 0 Å². The second-order valence-electron chi connectivity index (χ2n) is 4.35. The molecule has 0 radical (unpaired) electrons. The maximum absolute atomic E-state index is 10.3. The molecule has 0 bridgehead atoms. The zero-order chi connectivity index (χ0) is 12.5. The van der Waals surface area contributed by atoms with Crippen LogP contribution in [-0.2, 0) is 0 Å². The van der Waals surface area contributed by atoms with Gasteiger partial charge in [0.05, 0.1) is 5.69 Å². The molecule has 0 aliphatic carbocycles. The van der Waals surface area contributed by atoms with Crippen LogP contribution >= 0.6 is 0 Å². The van der Waals surface area contributed by atoms with E-state index >= 15 is 0 Å². The van der Waals surface area contributed by atoms with Crippen LogP contribution in [-0.4, -0.2) is 10.1 Å². The molecule has 0 saturated carbocycles. The molecule has 3 heteroatoms. The van der Waals surface area contributed by atoms with Gasteiger partial charge in [0.1, 0.15) is 11.3 Å². The third kappa shape index (κ3) is 1.89. The maximum Gasteiger partial charge on any atom is 0.153 e. The van der Waals surface area contributed by atoms with E-state index in [9.17, 15) is 5.11 Å². The molecular formula is C15H13NO2. The van der Waals surface area contributed by atoms with E-state index in [2.05, 4.69) is 4.98 Å². The predicted molar refractivity (Wildman–Crippen MR) is 69.2 cm³/mol. The highest BCUT2D eigenvalue weighted by Crippen LogP contribution is 2.27. The highest BCUT2D eigenvalue weighted by molar-refractivity contribution is 5.77. The van der Waals surface area contributed by atoms with Gasteiger partial charge >= 0.3 is 0 Å². The van der Waals surface area contributed by atoms with E-state index in [1.807, 2.05) is 49.4 Å². The second kappa shape index (κ2) is 4.27. The molecule has 3 aromatic rings. The summed E-state index contributed by atoms with van der Waals surface area (Å²) in [6.07, 6.45) is 0.869. The lowest BCUT2D eigenvalue weighted by molar-refractivity contribution is 0.187. The van der Waals surface area contributed by atoms with E-state index < -0.39 is 6.10 Å². The number of benzene rings is 1. The molecule has 1 unspecified atom stereocenters. The molecule has 90 valence electrons. The zero-order valence-electron chi connectivity index (χ0n) is 10.00. The highest BCUT2D eigenvalue weighted by Gasteiger charge is 2.16. The standard InChI is InChI=1S/C15H13NO2/c1-10-6-7-16-12(8-10)15(17)14-9-11-4-2-3-5-13(11)18-14/h2-9,15,17H,1H3. The van der Waals surface area contributed by atoms with Gasteiger partial charge in [-0.2, -0.15) is 0 Å². The second-order valence-corrected chi connectivity index (χ2v) is 4.35. The SMILES string of the molecule is Cc1ccnc(C(O)c2cc3ccccc3o2)c1. The van der Waals surface area contributed by atoms with Crippen LogP contribution in [0.1, 0.15) is 23.1 Å². The molecule has 0 aliphatic rings. The number of aliphatic hydroxyl groups excluding tert-OH is 1. The fourth-order valence-electron chi connectivity index (χ4n) is 1.99. The molecule has 0 spiro atoms. The molecule has 1 N–H and O–H groups in total. The summed E-state index contributed by atoms with van der Waals surface area (Å²) in [6.45, 7) is 1.97. The Balaban J connectivity index is 2.03. The number of rotatable bonds is 2. The molecule has 0 fully saturated rings. The van der Waals surface area contributed by atoms with E-state index in [1.165, 1.54) is 0 Å². The monoisotopic (exact) mass is 239 g/mol. The molecule has 18 heavy (non-hydrogen) atoms. The maximum atomic E-state index is 10.3. The largest absolute Gasteiger partial charge is 0.458 e. The third-order valence-corrected chi connectivity index (χ3v) is 2.93. The summed E-state index contributed by atoms with van der Waals surface area (Å²) in [4.78, 5) is 4.18. The number of furan rings is 1. The minimum absolute atomic E-state index is 0.523. The summed E-state index contributed by atoms with van der Waals surface area (Å²) in [6, 6.07) is 13.3. The summed E-state index contributed by atoms with van der Waals surface area (Å²) in [5, 5.41) is 11.2. The van der Waals surface area contributed by atoms with E-state index in [1.54, 1.807) is 6.20 Å². The number of para-hydroxylation sites is 1. The van der Waals surface area contributed by atoms with Crippen LogP contribution in [0.2, 0.25) is 0 Å². The van der Waals surface area contributed by atoms with Gasteiger partial charge in [0.15, 0.2) is 6.10 Å². The Labute approximate surface area is 105 Å². The summed E-state index contributed by atoms with van der Waals surface area (Å²) in [5.41, 5.74) is 2.45. The van der Waals surface area contributed by atoms with Gasteiger partial charge in [-0.25, -0.2) is 0 Å². The van der Waals surface area contributed by atoms with E-state index in [-0.39, 0.29) is 0 Å². The van der Waals surface area contributed by atoms with Crippen molar-refractivity contribution >= 4 is 11.0 Å². The number of pyridine rings is 1. The van der Waals surface area contributed by atoms with Crippen molar-refractivity contribution in [2.24, 2.45) is 0 Å². The van der Waals surface area contributed by atoms with Crippen molar-refractivity contribution in [1.82, 2.24) is 4.98 Å². The van der Waals surface area contributed by atoms with Crippen molar-refractivity contribution in [1.29, 1.82) is 0 Å². The number of aliphatic hydroxyl groups is 1. The van der Waals surface area contributed by atoms with Crippen molar-refractivity contribution in [2.45, 2.75) is 13.0 Å². The summed E-state index contributed by atoms with van der Waals surface area (Å²) < 4.78 is 5.63. The lowest BCUT2D eigenvalue weighted by Crippen LogP contribution is -2.00. The first kappa shape index (κ1) is 11.0. The minimum atomic E-state index is -0.822. The zero-order valence-corrected chi connectivity index (χ0v) is 10.00. The Morgan fingerprint density at radius 1 is 1.17 bits per heavy atom. The van der Waals surface area contributed by atoms with E-state index in [0.29, 0.717) is 11.5 Å². The van der Waals surface area contributed by atoms with Crippen LogP contribution in [0.25, 0.3) is 11.0 Å². The van der Waals surface area contributed by atoms with Gasteiger partial charge < -0.3 is 9.52 Å². The molecule has 3 rings (SSSR count). The average molecular weight is 239 g/mol. The molecule has 3 nitrogen and oxygen atoms in total. The lowest BCUT2D eigenvalue weighted by Gasteiger charge is -2.07. The Hall–Kier alpha value is -2.13. The Morgan fingerprint density at radius 2 is 2.00 bits per heavy atom. The van der Waals surface area contributed by atoms with Crippen molar-refractivity contribution in [2.75, 3.05) is 0 Å². The molecule has 2 aromatic heterocycles. The van der Waals surface area contributed by atoms with Gasteiger partial charge in [-0.15, -0.1) is 0 Å². The summed E-state index contributed by atoms with van der Waals surface area (Å²) >= 11 is 0. The van der Waals surface area contributed by atoms with Gasteiger partial charge in [-0.1, -0.05) is 18.2 Å². The normalized spacial score (nSPS) is 12.8. The van der Waals surface area contributed by atoms with Crippen molar-refractivity contribution in [3.05, 3.63) is 65.7 Å². The third-order valence-electron chi connectivity index (χ3n) is 2.93. The van der Waals surface area contributed by atoms with Crippen molar-refractivity contribution < 1.29 is 9.52 Å². The number of hydrogen-bond donors (Lipinski definition) is 1. The molecule has 0 aliphatic heterocycles. The topological polar surface area (TPSA) is 46.3 Å². The predicted octanol–water partition coefficient (Wildman–Crippen LogP) is 3.22. The number of aryl methyl sites for hydroxylation is 1. The fourth-order valence-corrected chi connectivity index (χ4v) is 1.99. The van der Waals surface area contributed by atoms with Crippen LogP contribution in [0, 0.1) is 6.92 Å². The first-order chi connectivity index (χ1) is 8.74. The molecule has 1 atom stereocenters. The molecule has 0 saturated heterocycles. The Kier molecular flexibility index (Phi) is 2.61. The number of hydrogen-bond acceptors (Lipinski definition) is 3. The number of aromatic nitrogens is 1. The smallest absolute Gasteiger partial charge is 0.153 e. The number of nitrogens with zero attached hydrogens (tertiary/aromatic N) is 1. The fraction of sp³-hybridized carbons (Fsp3) is 0.133.